The third-order valence-corrected chi connectivity index (χ3v) is 3.63. The highest BCUT2D eigenvalue weighted by Crippen LogP contribution is 2.41. The molecule has 0 unspecified atom stereocenters. The van der Waals surface area contributed by atoms with Crippen molar-refractivity contribution in [2.45, 2.75) is 31.7 Å². The molecule has 0 amide bonds. The first-order valence-corrected chi connectivity index (χ1v) is 6.48. The Hall–Kier alpha value is -1.03. The van der Waals surface area contributed by atoms with Gasteiger partial charge >= 0.3 is 0 Å². The predicted octanol–water partition coefficient (Wildman–Crippen LogP) is 2.52. The van der Waals surface area contributed by atoms with E-state index < -0.39 is 0 Å². The van der Waals surface area contributed by atoms with E-state index in [1.54, 1.807) is 7.11 Å². The van der Waals surface area contributed by atoms with Crippen LogP contribution in [0.4, 0.5) is 5.82 Å². The van der Waals surface area contributed by atoms with Crippen LogP contribution in [0.1, 0.15) is 25.7 Å². The minimum absolute atomic E-state index is 0.402. The van der Waals surface area contributed by atoms with Crippen molar-refractivity contribution in [1.29, 1.82) is 0 Å². The number of hydrogen-bond donors (Lipinski definition) is 0. The van der Waals surface area contributed by atoms with Gasteiger partial charge in [-0.05, 0) is 31.6 Å². The lowest BCUT2D eigenvalue weighted by Crippen LogP contribution is -2.29. The lowest BCUT2D eigenvalue weighted by molar-refractivity contribution is 0.409. The van der Waals surface area contributed by atoms with Crippen LogP contribution < -0.4 is 9.64 Å². The highest BCUT2D eigenvalue weighted by Gasteiger charge is 2.36. The second-order valence-electron chi connectivity index (χ2n) is 4.85. The average Bonchev–Trinajstić information content (AvgIpc) is 3.17. The Kier molecular flexibility index (Phi) is 2.82. The molecule has 0 atom stereocenters. The zero-order valence-corrected chi connectivity index (χ0v) is 10.7. The summed E-state index contributed by atoms with van der Waals surface area (Å²) in [7, 11) is 1.62. The number of rotatable bonds is 5. The maximum atomic E-state index is 6.05. The summed E-state index contributed by atoms with van der Waals surface area (Å²) in [5.74, 6) is 2.30. The summed E-state index contributed by atoms with van der Waals surface area (Å²) in [4.78, 5) is 10.7. The van der Waals surface area contributed by atoms with E-state index in [4.69, 9.17) is 16.3 Å². The van der Waals surface area contributed by atoms with Crippen molar-refractivity contribution >= 4 is 17.4 Å². The molecule has 2 aliphatic rings. The molecule has 0 saturated heterocycles. The van der Waals surface area contributed by atoms with Gasteiger partial charge in [-0.3, -0.25) is 0 Å². The smallest absolute Gasteiger partial charge is 0.199 e. The summed E-state index contributed by atoms with van der Waals surface area (Å²) < 4.78 is 5.34. The maximum Gasteiger partial charge on any atom is 0.199 e. The number of aromatic nitrogens is 2. The molecule has 3 rings (SSSR count). The number of ether oxygens (including phenoxy) is 1. The van der Waals surface area contributed by atoms with Gasteiger partial charge in [-0.25, -0.2) is 9.97 Å². The molecule has 2 fully saturated rings. The number of anilines is 1. The molecule has 4 nitrogen and oxygen atoms in total. The van der Waals surface area contributed by atoms with Crippen molar-refractivity contribution in [1.82, 2.24) is 9.97 Å². The predicted molar refractivity (Wildman–Crippen MR) is 66.7 cm³/mol. The summed E-state index contributed by atoms with van der Waals surface area (Å²) in [5, 5.41) is 0.402. The van der Waals surface area contributed by atoms with Crippen molar-refractivity contribution in [3.8, 4) is 5.75 Å². The van der Waals surface area contributed by atoms with E-state index in [1.165, 1.54) is 32.0 Å². The van der Waals surface area contributed by atoms with Crippen molar-refractivity contribution in [3.63, 3.8) is 0 Å². The Bertz CT molecular complexity index is 418. The SMILES string of the molecule is COc1c(Cl)ncnc1N(CC1CC1)C1CC1. The molecule has 1 aromatic heterocycles. The summed E-state index contributed by atoms with van der Waals surface area (Å²) in [6.07, 6.45) is 6.69. The van der Waals surface area contributed by atoms with E-state index in [-0.39, 0.29) is 0 Å². The summed E-state index contributed by atoms with van der Waals surface area (Å²) >= 11 is 6.05. The fraction of sp³-hybridized carbons (Fsp3) is 0.667. The zero-order valence-electron chi connectivity index (χ0n) is 9.90. The molecule has 2 saturated carbocycles. The third kappa shape index (κ3) is 2.32. The van der Waals surface area contributed by atoms with Crippen LogP contribution in [0.2, 0.25) is 5.15 Å². The van der Waals surface area contributed by atoms with Gasteiger partial charge in [-0.2, -0.15) is 0 Å². The molecule has 0 aliphatic heterocycles. The molecule has 17 heavy (non-hydrogen) atoms. The van der Waals surface area contributed by atoms with Crippen LogP contribution in [-0.4, -0.2) is 29.7 Å². The second-order valence-corrected chi connectivity index (χ2v) is 5.21. The van der Waals surface area contributed by atoms with E-state index in [2.05, 4.69) is 14.9 Å². The Morgan fingerprint density at radius 3 is 2.71 bits per heavy atom. The highest BCUT2D eigenvalue weighted by atomic mass is 35.5. The minimum Gasteiger partial charge on any atom is -0.490 e. The minimum atomic E-state index is 0.402. The van der Waals surface area contributed by atoms with Crippen LogP contribution in [-0.2, 0) is 0 Å². The van der Waals surface area contributed by atoms with Crippen molar-refractivity contribution in [3.05, 3.63) is 11.5 Å². The molecule has 5 heteroatoms. The number of halogens is 1. The van der Waals surface area contributed by atoms with Gasteiger partial charge in [0.25, 0.3) is 0 Å². The Balaban J connectivity index is 1.90. The van der Waals surface area contributed by atoms with Crippen LogP contribution in [0.5, 0.6) is 5.75 Å². The van der Waals surface area contributed by atoms with Gasteiger partial charge in [0.15, 0.2) is 16.7 Å². The molecule has 0 aromatic carbocycles. The zero-order chi connectivity index (χ0) is 11.8. The fourth-order valence-corrected chi connectivity index (χ4v) is 2.30. The first kappa shape index (κ1) is 11.1. The fourth-order valence-electron chi connectivity index (χ4n) is 2.10. The van der Waals surface area contributed by atoms with Gasteiger partial charge in [0.2, 0.25) is 0 Å². The van der Waals surface area contributed by atoms with E-state index in [1.807, 2.05) is 0 Å². The standard InChI is InChI=1S/C12H16ClN3O/c1-17-10-11(13)14-7-15-12(10)16(9-4-5-9)6-8-2-3-8/h7-9H,2-6H2,1H3. The summed E-state index contributed by atoms with van der Waals surface area (Å²) in [5.41, 5.74) is 0. The lowest BCUT2D eigenvalue weighted by Gasteiger charge is -2.25. The van der Waals surface area contributed by atoms with Crippen LogP contribution in [0.15, 0.2) is 6.33 Å². The van der Waals surface area contributed by atoms with Crippen LogP contribution in [0.25, 0.3) is 0 Å². The Morgan fingerprint density at radius 1 is 1.35 bits per heavy atom. The van der Waals surface area contributed by atoms with Gasteiger partial charge < -0.3 is 9.64 Å². The molecule has 0 bridgehead atoms. The summed E-state index contributed by atoms with van der Waals surface area (Å²) in [6.45, 7) is 1.08. The van der Waals surface area contributed by atoms with Gasteiger partial charge in [0.1, 0.15) is 6.33 Å². The van der Waals surface area contributed by atoms with Crippen molar-refractivity contribution in [2.24, 2.45) is 5.92 Å². The number of hydrogen-bond acceptors (Lipinski definition) is 4. The van der Waals surface area contributed by atoms with Crippen LogP contribution in [0.3, 0.4) is 0 Å². The number of nitrogens with zero attached hydrogens (tertiary/aromatic N) is 3. The van der Waals surface area contributed by atoms with E-state index in [0.29, 0.717) is 16.9 Å². The maximum absolute atomic E-state index is 6.05. The van der Waals surface area contributed by atoms with E-state index in [9.17, 15) is 0 Å². The first-order valence-electron chi connectivity index (χ1n) is 6.10. The monoisotopic (exact) mass is 253 g/mol. The molecular weight excluding hydrogens is 238 g/mol. The van der Waals surface area contributed by atoms with Crippen molar-refractivity contribution < 1.29 is 4.74 Å². The first-order chi connectivity index (χ1) is 8.29. The van der Waals surface area contributed by atoms with Gasteiger partial charge in [0, 0.05) is 12.6 Å². The molecule has 0 spiro atoms. The van der Waals surface area contributed by atoms with Crippen LogP contribution in [0, 0.1) is 5.92 Å². The second kappa shape index (κ2) is 4.33. The Morgan fingerprint density at radius 2 is 2.12 bits per heavy atom. The molecule has 1 aromatic rings. The Labute approximate surface area is 106 Å². The molecule has 2 aliphatic carbocycles. The van der Waals surface area contributed by atoms with E-state index in [0.717, 1.165) is 18.3 Å². The van der Waals surface area contributed by atoms with Gasteiger partial charge in [-0.1, -0.05) is 11.6 Å². The molecule has 0 radical (unpaired) electrons. The number of methoxy groups -OCH3 is 1. The quantitative estimate of drug-likeness (QED) is 0.756. The van der Waals surface area contributed by atoms with E-state index >= 15 is 0 Å². The third-order valence-electron chi connectivity index (χ3n) is 3.36. The van der Waals surface area contributed by atoms with Crippen molar-refractivity contribution in [2.75, 3.05) is 18.6 Å². The average molecular weight is 254 g/mol. The molecular formula is C12H16ClN3O. The lowest BCUT2D eigenvalue weighted by atomic mass is 10.3. The topological polar surface area (TPSA) is 38.3 Å². The highest BCUT2D eigenvalue weighted by molar-refractivity contribution is 6.31. The molecule has 0 N–H and O–H groups in total. The molecule has 1 heterocycles. The normalized spacial score (nSPS) is 19.2. The van der Waals surface area contributed by atoms with Crippen LogP contribution >= 0.6 is 11.6 Å². The summed E-state index contributed by atoms with van der Waals surface area (Å²) in [6, 6.07) is 0.621. The van der Waals surface area contributed by atoms with Gasteiger partial charge in [-0.15, -0.1) is 0 Å². The largest absolute Gasteiger partial charge is 0.490 e. The molecule has 92 valence electrons. The van der Waals surface area contributed by atoms with Gasteiger partial charge in [0.05, 0.1) is 7.11 Å².